The van der Waals surface area contributed by atoms with Crippen molar-refractivity contribution in [3.63, 3.8) is 0 Å². The Morgan fingerprint density at radius 1 is 1.32 bits per heavy atom. The summed E-state index contributed by atoms with van der Waals surface area (Å²) in [6.07, 6.45) is -0.820. The van der Waals surface area contributed by atoms with Crippen molar-refractivity contribution >= 4 is 11.9 Å². The summed E-state index contributed by atoms with van der Waals surface area (Å²) in [5.41, 5.74) is -5.75. The number of ether oxygens (including phenoxy) is 2. The molecular weight excluding hydrogens is 292 g/mol. The third kappa shape index (κ3) is 1.03. The molecular formula is C15H18O7. The topological polar surface area (TPSA) is 113 Å². The predicted molar refractivity (Wildman–Crippen MR) is 70.3 cm³/mol. The van der Waals surface area contributed by atoms with Gasteiger partial charge >= 0.3 is 11.9 Å². The summed E-state index contributed by atoms with van der Waals surface area (Å²) < 4.78 is 10.2. The van der Waals surface area contributed by atoms with Gasteiger partial charge in [0.1, 0.15) is 12.7 Å². The van der Waals surface area contributed by atoms with E-state index in [2.05, 4.69) is 0 Å². The van der Waals surface area contributed by atoms with Gasteiger partial charge in [-0.05, 0) is 20.3 Å². The van der Waals surface area contributed by atoms with Gasteiger partial charge in [-0.25, -0.2) is 9.59 Å². The lowest BCUT2D eigenvalue weighted by molar-refractivity contribution is -0.308. The fourth-order valence-corrected chi connectivity index (χ4v) is 5.14. The summed E-state index contributed by atoms with van der Waals surface area (Å²) in [6.45, 7) is 3.10. The van der Waals surface area contributed by atoms with Crippen LogP contribution in [0.4, 0.5) is 0 Å². The van der Waals surface area contributed by atoms with Crippen LogP contribution in [0.15, 0.2) is 11.6 Å². The lowest BCUT2D eigenvalue weighted by Gasteiger charge is -2.64. The number of hydrogen-bond acceptors (Lipinski definition) is 7. The molecule has 2 aliphatic heterocycles. The summed E-state index contributed by atoms with van der Waals surface area (Å²) in [7, 11) is 0. The third-order valence-electron chi connectivity index (χ3n) is 6.62. The quantitative estimate of drug-likeness (QED) is 0.390. The summed E-state index contributed by atoms with van der Waals surface area (Å²) in [4.78, 5) is 24.3. The molecule has 0 aromatic carbocycles. The van der Waals surface area contributed by atoms with Crippen LogP contribution in [-0.4, -0.2) is 57.3 Å². The monoisotopic (exact) mass is 310 g/mol. The lowest BCUT2D eigenvalue weighted by atomic mass is 9.44. The van der Waals surface area contributed by atoms with Crippen LogP contribution >= 0.6 is 0 Å². The molecule has 0 amide bonds. The van der Waals surface area contributed by atoms with Crippen LogP contribution in [0.3, 0.4) is 0 Å². The van der Waals surface area contributed by atoms with Gasteiger partial charge in [0, 0.05) is 6.42 Å². The first-order chi connectivity index (χ1) is 10.1. The standard InChI is InChI=1S/C15H18O7/c1-7-3-4-14(19)12(2)6-21-11(18)15(12,20)8-5-13(7,14)9(16)10(17)22-8/h3,8-9,16,19-20H,4-6H2,1-2H3/t8-,9+,12+,13+,14-,15-/m1/s1. The van der Waals surface area contributed by atoms with E-state index in [1.54, 1.807) is 19.9 Å². The van der Waals surface area contributed by atoms with E-state index >= 15 is 0 Å². The number of esters is 2. The molecule has 6 atom stereocenters. The van der Waals surface area contributed by atoms with Crippen molar-refractivity contribution in [2.75, 3.05) is 6.61 Å². The molecule has 2 heterocycles. The Kier molecular flexibility index (Phi) is 2.29. The molecule has 22 heavy (non-hydrogen) atoms. The third-order valence-corrected chi connectivity index (χ3v) is 6.62. The Bertz CT molecular complexity index is 642. The van der Waals surface area contributed by atoms with Gasteiger partial charge in [0.2, 0.25) is 5.60 Å². The van der Waals surface area contributed by atoms with E-state index in [0.29, 0.717) is 5.57 Å². The molecule has 2 aliphatic carbocycles. The highest BCUT2D eigenvalue weighted by atomic mass is 16.6. The molecule has 4 rings (SSSR count). The molecule has 0 aromatic heterocycles. The van der Waals surface area contributed by atoms with Crippen LogP contribution in [0, 0.1) is 10.8 Å². The van der Waals surface area contributed by atoms with E-state index in [0.717, 1.165) is 0 Å². The number of hydrogen-bond donors (Lipinski definition) is 3. The van der Waals surface area contributed by atoms with Gasteiger partial charge < -0.3 is 24.8 Å². The number of cyclic esters (lactones) is 1. The zero-order chi connectivity index (χ0) is 16.1. The average Bonchev–Trinajstić information content (AvgIpc) is 2.87. The average molecular weight is 310 g/mol. The molecule has 4 aliphatic rings. The fraction of sp³-hybridized carbons (Fsp3) is 0.733. The fourth-order valence-electron chi connectivity index (χ4n) is 5.14. The molecule has 7 heteroatoms. The second-order valence-electron chi connectivity index (χ2n) is 7.13. The van der Waals surface area contributed by atoms with E-state index in [1.165, 1.54) is 0 Å². The smallest absolute Gasteiger partial charge is 0.342 e. The van der Waals surface area contributed by atoms with E-state index < -0.39 is 46.2 Å². The number of aliphatic hydroxyl groups is 3. The van der Waals surface area contributed by atoms with E-state index in [4.69, 9.17) is 9.47 Å². The van der Waals surface area contributed by atoms with Crippen molar-refractivity contribution in [2.45, 2.75) is 50.1 Å². The lowest BCUT2D eigenvalue weighted by Crippen LogP contribution is -2.80. The van der Waals surface area contributed by atoms with Gasteiger partial charge in [-0.15, -0.1) is 0 Å². The second-order valence-corrected chi connectivity index (χ2v) is 7.13. The highest BCUT2D eigenvalue weighted by Gasteiger charge is 2.84. The molecule has 3 fully saturated rings. The van der Waals surface area contributed by atoms with Crippen molar-refractivity contribution in [1.82, 2.24) is 0 Å². The largest absolute Gasteiger partial charge is 0.463 e. The van der Waals surface area contributed by atoms with Gasteiger partial charge in [0.05, 0.1) is 16.4 Å². The van der Waals surface area contributed by atoms with Crippen LogP contribution in [0.25, 0.3) is 0 Å². The zero-order valence-corrected chi connectivity index (χ0v) is 12.3. The van der Waals surface area contributed by atoms with E-state index in [1.807, 2.05) is 0 Å². The number of carbonyl (C=O) groups is 2. The number of carbonyl (C=O) groups excluding carboxylic acids is 2. The Morgan fingerprint density at radius 3 is 2.68 bits per heavy atom. The van der Waals surface area contributed by atoms with Crippen molar-refractivity contribution < 1.29 is 34.4 Å². The van der Waals surface area contributed by atoms with Crippen molar-refractivity contribution in [2.24, 2.45) is 10.8 Å². The molecule has 1 spiro atoms. The molecule has 0 aromatic rings. The first-order valence-electron chi connectivity index (χ1n) is 7.33. The van der Waals surface area contributed by atoms with E-state index in [9.17, 15) is 24.9 Å². The first-order valence-corrected chi connectivity index (χ1v) is 7.33. The van der Waals surface area contributed by atoms with Crippen LogP contribution in [0.1, 0.15) is 26.7 Å². The van der Waals surface area contributed by atoms with Crippen molar-refractivity contribution in [3.8, 4) is 0 Å². The molecule has 0 unspecified atom stereocenters. The highest BCUT2D eigenvalue weighted by Crippen LogP contribution is 2.70. The zero-order valence-electron chi connectivity index (χ0n) is 12.3. The van der Waals surface area contributed by atoms with Crippen molar-refractivity contribution in [1.29, 1.82) is 0 Å². The SMILES string of the molecule is CC1=CC[C@@]2(O)[C@]3(C)COC(=O)[C@]3(O)[C@H]3C[C@@]12[C@@H](O)C(=O)O3. The Hall–Kier alpha value is -1.44. The summed E-state index contributed by atoms with van der Waals surface area (Å²) >= 11 is 0. The predicted octanol–water partition coefficient (Wildman–Crippen LogP) is -0.962. The molecule has 3 N–H and O–H groups in total. The minimum atomic E-state index is -2.11. The highest BCUT2D eigenvalue weighted by molar-refractivity contribution is 5.88. The summed E-state index contributed by atoms with van der Waals surface area (Å²) in [6, 6.07) is 0. The summed E-state index contributed by atoms with van der Waals surface area (Å²) in [5.74, 6) is -1.82. The van der Waals surface area contributed by atoms with Crippen LogP contribution in [0.2, 0.25) is 0 Å². The van der Waals surface area contributed by atoms with Crippen molar-refractivity contribution in [3.05, 3.63) is 11.6 Å². The minimum Gasteiger partial charge on any atom is -0.463 e. The van der Waals surface area contributed by atoms with Gasteiger partial charge in [-0.1, -0.05) is 11.6 Å². The normalized spacial score (nSPS) is 56.0. The Labute approximate surface area is 126 Å². The number of fused-ring (bicyclic) bond motifs is 4. The molecule has 7 nitrogen and oxygen atoms in total. The molecule has 0 radical (unpaired) electrons. The maximum Gasteiger partial charge on any atom is 0.342 e. The van der Waals surface area contributed by atoms with Crippen LogP contribution in [0.5, 0.6) is 0 Å². The molecule has 1 saturated carbocycles. The summed E-state index contributed by atoms with van der Waals surface area (Å²) in [5, 5.41) is 33.0. The Balaban J connectivity index is 2.03. The van der Waals surface area contributed by atoms with Gasteiger partial charge in [0.25, 0.3) is 0 Å². The van der Waals surface area contributed by atoms with Crippen LogP contribution in [-0.2, 0) is 19.1 Å². The number of aliphatic hydroxyl groups excluding tert-OH is 1. The molecule has 2 bridgehead atoms. The van der Waals surface area contributed by atoms with Gasteiger partial charge in [-0.2, -0.15) is 0 Å². The van der Waals surface area contributed by atoms with Gasteiger partial charge in [0.15, 0.2) is 6.10 Å². The van der Waals surface area contributed by atoms with E-state index in [-0.39, 0.29) is 19.4 Å². The maximum absolute atomic E-state index is 12.2. The van der Waals surface area contributed by atoms with Crippen LogP contribution < -0.4 is 0 Å². The second kappa shape index (κ2) is 3.55. The van der Waals surface area contributed by atoms with Gasteiger partial charge in [-0.3, -0.25) is 0 Å². The minimum absolute atomic E-state index is 0.0140. The Morgan fingerprint density at radius 2 is 2.00 bits per heavy atom. The first kappa shape index (κ1) is 14.2. The maximum atomic E-state index is 12.2. The number of rotatable bonds is 0. The molecule has 120 valence electrons. The molecule has 2 saturated heterocycles.